The minimum Gasteiger partial charge on any atom is -0.493 e. The predicted molar refractivity (Wildman–Crippen MR) is 83.7 cm³/mol. The highest BCUT2D eigenvalue weighted by atomic mass is 16.5. The van der Waals surface area contributed by atoms with Crippen molar-refractivity contribution in [2.75, 3.05) is 13.7 Å². The van der Waals surface area contributed by atoms with Crippen molar-refractivity contribution in [3.05, 3.63) is 46.0 Å². The van der Waals surface area contributed by atoms with Gasteiger partial charge < -0.3 is 25.3 Å². The lowest BCUT2D eigenvalue weighted by Gasteiger charge is -2.05. The van der Waals surface area contributed by atoms with Gasteiger partial charge >= 0.3 is 17.8 Å². The number of imidazole rings is 1. The first-order valence-electron chi connectivity index (χ1n) is 7.12. The van der Waals surface area contributed by atoms with Crippen LogP contribution in [0.5, 0.6) is 5.88 Å². The Morgan fingerprint density at radius 1 is 1.38 bits per heavy atom. The van der Waals surface area contributed by atoms with E-state index in [4.69, 9.17) is 5.11 Å². The molecule has 0 aliphatic carbocycles. The van der Waals surface area contributed by atoms with Gasteiger partial charge in [0.1, 0.15) is 0 Å². The van der Waals surface area contributed by atoms with Crippen molar-refractivity contribution in [2.45, 2.75) is 12.8 Å². The van der Waals surface area contributed by atoms with E-state index in [2.05, 4.69) is 15.0 Å². The number of benzene rings is 1. The predicted octanol–water partition coefficient (Wildman–Crippen LogP) is 0.858. The van der Waals surface area contributed by atoms with E-state index < -0.39 is 17.8 Å². The molecule has 1 heterocycles. The molecule has 0 aliphatic heterocycles. The number of aromatic hydroxyl groups is 1. The first-order chi connectivity index (χ1) is 11.4. The number of carboxylic acids is 1. The third-order valence-electron chi connectivity index (χ3n) is 3.35. The van der Waals surface area contributed by atoms with Crippen LogP contribution in [0.15, 0.2) is 29.1 Å². The number of nitrogens with one attached hydrogen (secondary N) is 2. The van der Waals surface area contributed by atoms with Crippen LogP contribution in [-0.2, 0) is 11.2 Å². The van der Waals surface area contributed by atoms with Crippen LogP contribution in [-0.4, -0.2) is 45.5 Å². The van der Waals surface area contributed by atoms with Gasteiger partial charge in [-0.1, -0.05) is 6.07 Å². The Hall–Kier alpha value is -3.23. The quantitative estimate of drug-likeness (QED) is 0.579. The zero-order valence-electron chi connectivity index (χ0n) is 12.9. The molecular formula is C15H17N3O6. The van der Waals surface area contributed by atoms with Gasteiger partial charge in [0, 0.05) is 6.54 Å². The number of aromatic amines is 1. The lowest BCUT2D eigenvalue weighted by molar-refractivity contribution is 0.0696. The van der Waals surface area contributed by atoms with E-state index in [0.29, 0.717) is 25.1 Å². The van der Waals surface area contributed by atoms with Crippen molar-refractivity contribution < 1.29 is 24.5 Å². The zero-order valence-corrected chi connectivity index (χ0v) is 12.9. The summed E-state index contributed by atoms with van der Waals surface area (Å²) in [7, 11) is 1.25. The van der Waals surface area contributed by atoms with E-state index in [-0.39, 0.29) is 17.1 Å². The molecule has 24 heavy (non-hydrogen) atoms. The highest BCUT2D eigenvalue weighted by Gasteiger charge is 2.15. The third-order valence-corrected chi connectivity index (χ3v) is 3.35. The number of aryl methyl sites for hydroxylation is 1. The number of aromatic carboxylic acids is 1. The van der Waals surface area contributed by atoms with E-state index in [1.807, 2.05) is 0 Å². The average molecular weight is 335 g/mol. The highest BCUT2D eigenvalue weighted by Crippen LogP contribution is 2.20. The molecule has 4 N–H and O–H groups in total. The standard InChI is InChI=1S/C15H17N3O6/c1-24-15(23)16-7-3-6-11-12(19)18(14(22)17-11)10-5-2-4-9(8-10)13(20)21/h2,4-5,8,19H,3,6-7H2,1H3,(H,16,23)(H,17,22)(H,20,21). The lowest BCUT2D eigenvalue weighted by atomic mass is 10.2. The second kappa shape index (κ2) is 7.36. The maximum Gasteiger partial charge on any atom is 0.406 e. The van der Waals surface area contributed by atoms with Gasteiger partial charge in [-0.25, -0.2) is 19.0 Å². The molecule has 0 saturated heterocycles. The fourth-order valence-electron chi connectivity index (χ4n) is 2.19. The number of ether oxygens (including phenoxy) is 1. The molecule has 0 spiro atoms. The Balaban J connectivity index is 2.17. The van der Waals surface area contributed by atoms with Crippen molar-refractivity contribution in [1.29, 1.82) is 0 Å². The molecule has 0 fully saturated rings. The second-order valence-electron chi connectivity index (χ2n) is 4.95. The third kappa shape index (κ3) is 3.75. The average Bonchev–Trinajstić information content (AvgIpc) is 2.85. The number of hydrogen-bond donors (Lipinski definition) is 4. The smallest absolute Gasteiger partial charge is 0.406 e. The number of amides is 1. The van der Waals surface area contributed by atoms with Crippen LogP contribution in [0.2, 0.25) is 0 Å². The molecule has 0 aliphatic rings. The van der Waals surface area contributed by atoms with E-state index in [1.165, 1.54) is 31.4 Å². The molecule has 0 unspecified atom stereocenters. The molecule has 0 radical (unpaired) electrons. The Kier molecular flexibility index (Phi) is 5.25. The van der Waals surface area contributed by atoms with Gasteiger partial charge in [0.05, 0.1) is 24.1 Å². The van der Waals surface area contributed by atoms with Crippen molar-refractivity contribution >= 4 is 12.1 Å². The number of methoxy groups -OCH3 is 1. The minimum absolute atomic E-state index is 0.00354. The summed E-state index contributed by atoms with van der Waals surface area (Å²) in [4.78, 5) is 36.5. The molecule has 2 aromatic rings. The molecule has 0 bridgehead atoms. The maximum atomic E-state index is 12.0. The topological polar surface area (TPSA) is 134 Å². The number of aromatic nitrogens is 2. The first kappa shape index (κ1) is 17.1. The number of rotatable bonds is 6. The molecule has 2 rings (SSSR count). The molecule has 1 aromatic carbocycles. The van der Waals surface area contributed by atoms with Gasteiger partial charge in [0.15, 0.2) is 0 Å². The van der Waals surface area contributed by atoms with Crippen LogP contribution >= 0.6 is 0 Å². The summed E-state index contributed by atoms with van der Waals surface area (Å²) in [6, 6.07) is 5.68. The first-order valence-corrected chi connectivity index (χ1v) is 7.12. The van der Waals surface area contributed by atoms with E-state index in [0.717, 1.165) is 4.57 Å². The fourth-order valence-corrected chi connectivity index (χ4v) is 2.19. The van der Waals surface area contributed by atoms with Gasteiger partial charge in [0.25, 0.3) is 0 Å². The highest BCUT2D eigenvalue weighted by molar-refractivity contribution is 5.88. The van der Waals surface area contributed by atoms with E-state index in [9.17, 15) is 19.5 Å². The number of nitrogens with zero attached hydrogens (tertiary/aromatic N) is 1. The summed E-state index contributed by atoms with van der Waals surface area (Å²) in [6.07, 6.45) is 0.227. The Morgan fingerprint density at radius 2 is 2.12 bits per heavy atom. The van der Waals surface area contributed by atoms with Gasteiger partial charge in [-0.3, -0.25) is 0 Å². The second-order valence-corrected chi connectivity index (χ2v) is 4.95. The molecular weight excluding hydrogens is 318 g/mol. The van der Waals surface area contributed by atoms with Gasteiger partial charge in [-0.15, -0.1) is 0 Å². The van der Waals surface area contributed by atoms with Crippen molar-refractivity contribution in [3.63, 3.8) is 0 Å². The fraction of sp³-hybridized carbons (Fsp3) is 0.267. The van der Waals surface area contributed by atoms with Gasteiger partial charge in [-0.2, -0.15) is 0 Å². The van der Waals surface area contributed by atoms with Crippen LogP contribution in [0.3, 0.4) is 0 Å². The monoisotopic (exact) mass is 335 g/mol. The largest absolute Gasteiger partial charge is 0.493 e. The molecule has 9 nitrogen and oxygen atoms in total. The summed E-state index contributed by atoms with van der Waals surface area (Å²) >= 11 is 0. The number of carbonyl (C=O) groups is 2. The Labute approximate surface area is 136 Å². The molecule has 9 heteroatoms. The number of hydrogen-bond acceptors (Lipinski definition) is 5. The summed E-state index contributed by atoms with van der Waals surface area (Å²) < 4.78 is 5.42. The molecule has 0 atom stereocenters. The van der Waals surface area contributed by atoms with E-state index in [1.54, 1.807) is 0 Å². The normalized spacial score (nSPS) is 10.4. The van der Waals surface area contributed by atoms with E-state index >= 15 is 0 Å². The van der Waals surface area contributed by atoms with Crippen molar-refractivity contribution in [2.24, 2.45) is 0 Å². The van der Waals surface area contributed by atoms with Crippen molar-refractivity contribution in [3.8, 4) is 11.6 Å². The van der Waals surface area contributed by atoms with Gasteiger partial charge in [-0.05, 0) is 31.0 Å². The summed E-state index contributed by atoms with van der Waals surface area (Å²) in [5, 5.41) is 21.7. The number of carbonyl (C=O) groups excluding carboxylic acids is 1. The zero-order chi connectivity index (χ0) is 17.7. The number of H-pyrrole nitrogens is 1. The molecule has 128 valence electrons. The lowest BCUT2D eigenvalue weighted by Crippen LogP contribution is -2.24. The van der Waals surface area contributed by atoms with Crippen LogP contribution in [0.25, 0.3) is 5.69 Å². The molecule has 1 aromatic heterocycles. The number of carboxylic acid groups (broad SMARTS) is 1. The van der Waals surface area contributed by atoms with Crippen LogP contribution in [0.4, 0.5) is 4.79 Å². The summed E-state index contributed by atoms with van der Waals surface area (Å²) in [5.41, 5.74) is -0.0326. The number of alkyl carbamates (subject to hydrolysis) is 1. The van der Waals surface area contributed by atoms with Crippen molar-refractivity contribution in [1.82, 2.24) is 14.9 Å². The van der Waals surface area contributed by atoms with Crippen LogP contribution in [0, 0.1) is 0 Å². The molecule has 0 saturated carbocycles. The maximum absolute atomic E-state index is 12.0. The SMILES string of the molecule is COC(=O)NCCCc1[nH]c(=O)n(-c2cccc(C(=O)O)c2)c1O. The Bertz CT molecular complexity index is 808. The molecule has 1 amide bonds. The van der Waals surface area contributed by atoms with Gasteiger partial charge in [0.2, 0.25) is 5.88 Å². The Morgan fingerprint density at radius 3 is 2.79 bits per heavy atom. The minimum atomic E-state index is -1.13. The summed E-state index contributed by atoms with van der Waals surface area (Å²) in [6.45, 7) is 0.313. The van der Waals surface area contributed by atoms with Crippen LogP contribution in [0.1, 0.15) is 22.5 Å². The van der Waals surface area contributed by atoms with Crippen LogP contribution < -0.4 is 11.0 Å². The summed E-state index contributed by atoms with van der Waals surface area (Å²) in [5.74, 6) is -1.42.